The van der Waals surface area contributed by atoms with E-state index < -0.39 is 0 Å². The summed E-state index contributed by atoms with van der Waals surface area (Å²) in [6, 6.07) is 13.5. The first-order chi connectivity index (χ1) is 13.3. The number of nitrogens with two attached hydrogens (primary N) is 1. The Balaban J connectivity index is 1.56. The van der Waals surface area contributed by atoms with Gasteiger partial charge in [0.25, 0.3) is 5.89 Å². The van der Waals surface area contributed by atoms with Gasteiger partial charge in [0.15, 0.2) is 11.5 Å². The average molecular weight is 365 g/mol. The van der Waals surface area contributed by atoms with Crippen LogP contribution in [0.2, 0.25) is 0 Å². The second-order valence-electron chi connectivity index (χ2n) is 6.71. The summed E-state index contributed by atoms with van der Waals surface area (Å²) in [6.45, 7) is 0.507. The summed E-state index contributed by atoms with van der Waals surface area (Å²) in [4.78, 5) is 4.51. The lowest BCUT2D eigenvalue weighted by Gasteiger charge is -2.16. The van der Waals surface area contributed by atoms with Crippen LogP contribution in [-0.2, 0) is 6.54 Å². The van der Waals surface area contributed by atoms with E-state index in [-0.39, 0.29) is 6.10 Å². The number of methoxy groups -OCH3 is 1. The summed E-state index contributed by atoms with van der Waals surface area (Å²) in [7, 11) is 1.64. The van der Waals surface area contributed by atoms with Gasteiger partial charge >= 0.3 is 0 Å². The third kappa shape index (κ3) is 3.80. The van der Waals surface area contributed by atoms with Crippen molar-refractivity contribution in [3.8, 4) is 34.3 Å². The zero-order chi connectivity index (χ0) is 18.6. The lowest BCUT2D eigenvalue weighted by atomic mass is 10.1. The second kappa shape index (κ2) is 7.80. The normalized spacial score (nSPS) is 14.4. The van der Waals surface area contributed by atoms with E-state index in [9.17, 15) is 0 Å². The molecule has 0 saturated heterocycles. The van der Waals surface area contributed by atoms with E-state index >= 15 is 0 Å². The number of hydrogen-bond acceptors (Lipinski definition) is 6. The van der Waals surface area contributed by atoms with Gasteiger partial charge in [-0.2, -0.15) is 4.98 Å². The highest BCUT2D eigenvalue weighted by atomic mass is 16.5. The summed E-state index contributed by atoms with van der Waals surface area (Å²) < 4.78 is 17.0. The fourth-order valence-corrected chi connectivity index (χ4v) is 3.33. The molecule has 0 spiro atoms. The fourth-order valence-electron chi connectivity index (χ4n) is 3.33. The molecule has 4 rings (SSSR count). The van der Waals surface area contributed by atoms with Gasteiger partial charge in [-0.05, 0) is 49.4 Å². The zero-order valence-electron chi connectivity index (χ0n) is 15.4. The summed E-state index contributed by atoms with van der Waals surface area (Å²) in [5.74, 6) is 2.41. The highest BCUT2D eigenvalue weighted by molar-refractivity contribution is 5.63. The van der Waals surface area contributed by atoms with Crippen LogP contribution in [0.5, 0.6) is 11.5 Å². The van der Waals surface area contributed by atoms with Gasteiger partial charge < -0.3 is 19.7 Å². The number of benzene rings is 2. The number of rotatable bonds is 6. The lowest BCUT2D eigenvalue weighted by molar-refractivity contribution is 0.201. The Morgan fingerprint density at radius 1 is 1.04 bits per heavy atom. The van der Waals surface area contributed by atoms with Crippen LogP contribution >= 0.6 is 0 Å². The number of aromatic nitrogens is 2. The quantitative estimate of drug-likeness (QED) is 0.705. The smallest absolute Gasteiger partial charge is 0.258 e. The maximum absolute atomic E-state index is 6.08. The minimum atomic E-state index is 0.274. The van der Waals surface area contributed by atoms with Gasteiger partial charge in [-0.25, -0.2) is 0 Å². The van der Waals surface area contributed by atoms with E-state index in [2.05, 4.69) is 10.1 Å². The Bertz CT molecular complexity index is 899. The Hall–Kier alpha value is -2.86. The van der Waals surface area contributed by atoms with E-state index in [1.165, 1.54) is 12.8 Å². The fraction of sp³-hybridized carbons (Fsp3) is 0.333. The van der Waals surface area contributed by atoms with Crippen molar-refractivity contribution in [3.05, 3.63) is 48.0 Å². The van der Waals surface area contributed by atoms with Gasteiger partial charge in [0.1, 0.15) is 0 Å². The molecule has 6 heteroatoms. The maximum atomic E-state index is 6.08. The summed E-state index contributed by atoms with van der Waals surface area (Å²) in [5, 5.41) is 4.09. The van der Waals surface area contributed by atoms with Gasteiger partial charge in [-0.3, -0.25) is 0 Å². The van der Waals surface area contributed by atoms with E-state index in [4.69, 9.17) is 19.7 Å². The molecule has 1 saturated carbocycles. The molecule has 3 aromatic rings. The summed E-state index contributed by atoms with van der Waals surface area (Å²) >= 11 is 0. The third-order valence-corrected chi connectivity index (χ3v) is 4.88. The molecule has 1 aliphatic carbocycles. The molecular formula is C21H23N3O3. The molecule has 2 N–H and O–H groups in total. The van der Waals surface area contributed by atoms with Crippen molar-refractivity contribution in [1.29, 1.82) is 0 Å². The van der Waals surface area contributed by atoms with Crippen LogP contribution in [0.1, 0.15) is 31.2 Å². The molecule has 6 nitrogen and oxygen atoms in total. The second-order valence-corrected chi connectivity index (χ2v) is 6.71. The Kier molecular flexibility index (Phi) is 5.07. The van der Waals surface area contributed by atoms with Crippen molar-refractivity contribution in [1.82, 2.24) is 10.1 Å². The average Bonchev–Trinajstić information content (AvgIpc) is 3.40. The summed E-state index contributed by atoms with van der Waals surface area (Å²) in [6.07, 6.45) is 4.92. The molecule has 0 radical (unpaired) electrons. The van der Waals surface area contributed by atoms with Crippen LogP contribution in [0.15, 0.2) is 47.0 Å². The molecule has 140 valence electrons. The first-order valence-electron chi connectivity index (χ1n) is 9.25. The van der Waals surface area contributed by atoms with Crippen LogP contribution in [0.25, 0.3) is 22.8 Å². The molecule has 0 atom stereocenters. The van der Waals surface area contributed by atoms with Gasteiger partial charge in [0, 0.05) is 17.7 Å². The first-order valence-corrected chi connectivity index (χ1v) is 9.25. The molecule has 0 bridgehead atoms. The SMILES string of the molecule is COc1cc(-c2nc(-c3ccc(CN)cc3)no2)ccc1OC1CCCC1. The van der Waals surface area contributed by atoms with Gasteiger partial charge in [0.2, 0.25) is 5.82 Å². The highest BCUT2D eigenvalue weighted by Gasteiger charge is 2.19. The number of nitrogens with zero attached hydrogens (tertiary/aromatic N) is 2. The lowest BCUT2D eigenvalue weighted by Crippen LogP contribution is -2.11. The topological polar surface area (TPSA) is 83.4 Å². The Morgan fingerprint density at radius 3 is 2.48 bits per heavy atom. The predicted molar refractivity (Wildman–Crippen MR) is 102 cm³/mol. The van der Waals surface area contributed by atoms with Crippen molar-refractivity contribution in [2.24, 2.45) is 5.73 Å². The van der Waals surface area contributed by atoms with Crippen LogP contribution in [-0.4, -0.2) is 23.4 Å². The highest BCUT2D eigenvalue weighted by Crippen LogP contribution is 2.35. The molecule has 0 unspecified atom stereocenters. The van der Waals surface area contributed by atoms with Crippen molar-refractivity contribution in [2.45, 2.75) is 38.3 Å². The molecular weight excluding hydrogens is 342 g/mol. The molecule has 0 amide bonds. The van der Waals surface area contributed by atoms with Crippen molar-refractivity contribution in [2.75, 3.05) is 7.11 Å². The molecule has 1 aromatic heterocycles. The molecule has 0 aliphatic heterocycles. The van der Waals surface area contributed by atoms with Crippen LogP contribution < -0.4 is 15.2 Å². The Morgan fingerprint density at radius 2 is 1.78 bits per heavy atom. The van der Waals surface area contributed by atoms with E-state index in [1.807, 2.05) is 42.5 Å². The van der Waals surface area contributed by atoms with Crippen LogP contribution in [0, 0.1) is 0 Å². The van der Waals surface area contributed by atoms with Crippen molar-refractivity contribution >= 4 is 0 Å². The summed E-state index contributed by atoms with van der Waals surface area (Å²) in [5.41, 5.74) is 8.38. The van der Waals surface area contributed by atoms with Crippen LogP contribution in [0.4, 0.5) is 0 Å². The Labute approximate surface area is 158 Å². The van der Waals surface area contributed by atoms with E-state index in [0.717, 1.165) is 35.3 Å². The van der Waals surface area contributed by atoms with Crippen molar-refractivity contribution < 1.29 is 14.0 Å². The third-order valence-electron chi connectivity index (χ3n) is 4.88. The van der Waals surface area contributed by atoms with Gasteiger partial charge in [-0.1, -0.05) is 29.4 Å². The first kappa shape index (κ1) is 17.5. The molecule has 1 fully saturated rings. The van der Waals surface area contributed by atoms with Gasteiger partial charge in [-0.15, -0.1) is 0 Å². The largest absolute Gasteiger partial charge is 0.493 e. The van der Waals surface area contributed by atoms with E-state index in [0.29, 0.717) is 24.0 Å². The van der Waals surface area contributed by atoms with Gasteiger partial charge in [0.05, 0.1) is 13.2 Å². The minimum absolute atomic E-state index is 0.274. The zero-order valence-corrected chi connectivity index (χ0v) is 15.4. The van der Waals surface area contributed by atoms with Crippen molar-refractivity contribution in [3.63, 3.8) is 0 Å². The standard InChI is InChI=1S/C21H23N3O3/c1-25-19-12-16(10-11-18(19)26-17-4-2-3-5-17)21-23-20(24-27-21)15-8-6-14(13-22)7-9-15/h6-12,17H,2-5,13,22H2,1H3. The molecule has 1 aliphatic rings. The monoisotopic (exact) mass is 365 g/mol. The van der Waals surface area contributed by atoms with E-state index in [1.54, 1.807) is 7.11 Å². The molecule has 27 heavy (non-hydrogen) atoms. The van der Waals surface area contributed by atoms with Crippen LogP contribution in [0.3, 0.4) is 0 Å². The minimum Gasteiger partial charge on any atom is -0.493 e. The predicted octanol–water partition coefficient (Wildman–Crippen LogP) is 4.19. The number of ether oxygens (including phenoxy) is 2. The maximum Gasteiger partial charge on any atom is 0.258 e. The molecule has 2 aromatic carbocycles. The molecule has 1 heterocycles. The number of hydrogen-bond donors (Lipinski definition) is 1.